The third-order valence-corrected chi connectivity index (χ3v) is 8.73. The number of allylic oxidation sites excluding steroid dienone is 12. The van der Waals surface area contributed by atoms with Gasteiger partial charge >= 0.3 is 11.9 Å². The molecule has 0 spiro atoms. The summed E-state index contributed by atoms with van der Waals surface area (Å²) in [6.07, 6.45) is 53.3. The van der Waals surface area contributed by atoms with Gasteiger partial charge in [-0.25, -0.2) is 0 Å². The van der Waals surface area contributed by atoms with E-state index >= 15 is 0 Å². The molecule has 298 valence electrons. The highest BCUT2D eigenvalue weighted by Crippen LogP contribution is 2.11. The molecule has 1 unspecified atom stereocenters. The van der Waals surface area contributed by atoms with Gasteiger partial charge in [0.05, 0.1) is 6.61 Å². The molecule has 52 heavy (non-hydrogen) atoms. The second-order valence-corrected chi connectivity index (χ2v) is 13.9. The minimum Gasteiger partial charge on any atom is -0.462 e. The van der Waals surface area contributed by atoms with E-state index in [0.717, 1.165) is 96.3 Å². The molecule has 0 aromatic heterocycles. The predicted molar refractivity (Wildman–Crippen MR) is 224 cm³/mol. The summed E-state index contributed by atoms with van der Waals surface area (Å²) in [5.74, 6) is -0.454. The lowest BCUT2D eigenvalue weighted by molar-refractivity contribution is -0.163. The average Bonchev–Trinajstić information content (AvgIpc) is 3.14. The number of unbranched alkanes of at least 4 members (excludes halogenated alkanes) is 15. The number of ether oxygens (including phenoxy) is 3. The second-order valence-electron chi connectivity index (χ2n) is 13.9. The van der Waals surface area contributed by atoms with Crippen LogP contribution in [0.3, 0.4) is 0 Å². The van der Waals surface area contributed by atoms with Crippen LogP contribution in [0.1, 0.15) is 188 Å². The summed E-state index contributed by atoms with van der Waals surface area (Å²) in [6, 6.07) is 0. The normalized spacial score (nSPS) is 12.9. The molecule has 0 bridgehead atoms. The van der Waals surface area contributed by atoms with E-state index in [1.807, 2.05) is 0 Å². The van der Waals surface area contributed by atoms with Crippen LogP contribution < -0.4 is 0 Å². The highest BCUT2D eigenvalue weighted by molar-refractivity contribution is 5.70. The summed E-state index contributed by atoms with van der Waals surface area (Å²) in [6.45, 7) is 7.58. The maximum Gasteiger partial charge on any atom is 0.306 e. The largest absolute Gasteiger partial charge is 0.462 e. The molecule has 0 aromatic rings. The van der Waals surface area contributed by atoms with Gasteiger partial charge in [0.15, 0.2) is 6.10 Å². The molecule has 0 amide bonds. The van der Waals surface area contributed by atoms with E-state index in [9.17, 15) is 9.59 Å². The third kappa shape index (κ3) is 40.1. The van der Waals surface area contributed by atoms with E-state index in [1.165, 1.54) is 57.8 Å². The molecule has 0 aromatic carbocycles. The molecule has 5 heteroatoms. The Kier molecular flexibility index (Phi) is 40.6. The fourth-order valence-electron chi connectivity index (χ4n) is 5.51. The van der Waals surface area contributed by atoms with Gasteiger partial charge in [-0.1, -0.05) is 164 Å². The average molecular weight is 725 g/mol. The standard InChI is InChI=1S/C47H80O5/c1-4-7-10-13-16-18-20-21-22-23-24-25-26-27-29-30-32-34-37-40-46(48)51-44-45(43-50-42-39-36-15-12-9-6-3)52-47(49)41-38-35-33-31-28-19-17-14-11-8-5-2/h7,10,14,16-18,21-22,24-25,27,29,45H,4-6,8-9,11-13,15,19-20,23,26,28,30-44H2,1-3H3/b10-7-,17-14-,18-16-,22-21-,25-24-,29-27-. The Hall–Kier alpha value is -2.66. The zero-order chi connectivity index (χ0) is 37.8. The lowest BCUT2D eigenvalue weighted by Crippen LogP contribution is -2.30. The first-order valence-electron chi connectivity index (χ1n) is 21.5. The zero-order valence-electron chi connectivity index (χ0n) is 34.1. The van der Waals surface area contributed by atoms with Crippen molar-refractivity contribution in [1.29, 1.82) is 0 Å². The van der Waals surface area contributed by atoms with Crippen LogP contribution in [0.5, 0.6) is 0 Å². The molecule has 5 nitrogen and oxygen atoms in total. The topological polar surface area (TPSA) is 61.8 Å². The van der Waals surface area contributed by atoms with Crippen molar-refractivity contribution in [2.24, 2.45) is 0 Å². The first-order chi connectivity index (χ1) is 25.6. The Bertz CT molecular complexity index is 957. The number of rotatable bonds is 38. The van der Waals surface area contributed by atoms with Crippen LogP contribution in [-0.4, -0.2) is 37.9 Å². The van der Waals surface area contributed by atoms with Crippen molar-refractivity contribution in [2.75, 3.05) is 19.8 Å². The summed E-state index contributed by atoms with van der Waals surface area (Å²) in [5.41, 5.74) is 0. The Morgan fingerprint density at radius 2 is 0.885 bits per heavy atom. The van der Waals surface area contributed by atoms with E-state index in [1.54, 1.807) is 0 Å². The first-order valence-corrected chi connectivity index (χ1v) is 21.5. The molecular formula is C47H80O5. The van der Waals surface area contributed by atoms with Crippen LogP contribution in [-0.2, 0) is 23.8 Å². The van der Waals surface area contributed by atoms with Gasteiger partial charge in [0.1, 0.15) is 6.61 Å². The Morgan fingerprint density at radius 3 is 1.48 bits per heavy atom. The van der Waals surface area contributed by atoms with Gasteiger partial charge in [0, 0.05) is 19.4 Å². The fraction of sp³-hybridized carbons (Fsp3) is 0.702. The van der Waals surface area contributed by atoms with Crippen molar-refractivity contribution in [2.45, 2.75) is 194 Å². The molecule has 0 aliphatic heterocycles. The summed E-state index contributed by atoms with van der Waals surface area (Å²) < 4.78 is 17.1. The Morgan fingerprint density at radius 1 is 0.442 bits per heavy atom. The molecule has 0 rings (SSSR count). The molecule has 0 saturated carbocycles. The van der Waals surface area contributed by atoms with Gasteiger partial charge < -0.3 is 14.2 Å². The number of esters is 2. The first kappa shape index (κ1) is 49.3. The molecule has 0 heterocycles. The van der Waals surface area contributed by atoms with Gasteiger partial charge in [-0.3, -0.25) is 9.59 Å². The van der Waals surface area contributed by atoms with E-state index in [2.05, 4.69) is 93.7 Å². The number of hydrogen-bond donors (Lipinski definition) is 0. The maximum absolute atomic E-state index is 12.6. The summed E-state index contributed by atoms with van der Waals surface area (Å²) in [5, 5.41) is 0. The monoisotopic (exact) mass is 725 g/mol. The molecule has 0 aliphatic carbocycles. The summed E-state index contributed by atoms with van der Waals surface area (Å²) in [4.78, 5) is 25.1. The van der Waals surface area contributed by atoms with Crippen LogP contribution in [0.25, 0.3) is 0 Å². The SMILES string of the molecule is CC/C=C\C/C=C\C/C=C\C/C=C\C/C=C\CCCCCC(=O)OCC(COCCCCCCCC)OC(=O)CCCCCCC/C=C\CCCC. The fourth-order valence-corrected chi connectivity index (χ4v) is 5.51. The molecular weight excluding hydrogens is 645 g/mol. The van der Waals surface area contributed by atoms with Gasteiger partial charge in [0.25, 0.3) is 0 Å². The lowest BCUT2D eigenvalue weighted by atomic mass is 10.1. The minimum absolute atomic E-state index is 0.0624. The van der Waals surface area contributed by atoms with E-state index in [-0.39, 0.29) is 25.2 Å². The van der Waals surface area contributed by atoms with Crippen molar-refractivity contribution in [3.8, 4) is 0 Å². The van der Waals surface area contributed by atoms with Crippen molar-refractivity contribution >= 4 is 11.9 Å². The number of hydrogen-bond acceptors (Lipinski definition) is 5. The third-order valence-electron chi connectivity index (χ3n) is 8.73. The van der Waals surface area contributed by atoms with Gasteiger partial charge in [-0.2, -0.15) is 0 Å². The van der Waals surface area contributed by atoms with Crippen molar-refractivity contribution in [3.05, 3.63) is 72.9 Å². The highest BCUT2D eigenvalue weighted by Gasteiger charge is 2.17. The predicted octanol–water partition coefficient (Wildman–Crippen LogP) is 14.0. The van der Waals surface area contributed by atoms with Crippen LogP contribution in [0.4, 0.5) is 0 Å². The smallest absolute Gasteiger partial charge is 0.306 e. The Labute approximate surface area is 321 Å². The van der Waals surface area contributed by atoms with E-state index < -0.39 is 6.10 Å². The van der Waals surface area contributed by atoms with Crippen molar-refractivity contribution in [1.82, 2.24) is 0 Å². The van der Waals surface area contributed by atoms with Gasteiger partial charge in [-0.15, -0.1) is 0 Å². The van der Waals surface area contributed by atoms with Gasteiger partial charge in [-0.05, 0) is 83.5 Å². The minimum atomic E-state index is -0.550. The van der Waals surface area contributed by atoms with Crippen LogP contribution in [0, 0.1) is 0 Å². The summed E-state index contributed by atoms with van der Waals surface area (Å²) in [7, 11) is 0. The number of carbonyl (C=O) groups excluding carboxylic acids is 2. The van der Waals surface area contributed by atoms with Crippen LogP contribution in [0.2, 0.25) is 0 Å². The van der Waals surface area contributed by atoms with Gasteiger partial charge in [0.2, 0.25) is 0 Å². The van der Waals surface area contributed by atoms with Crippen molar-refractivity contribution < 1.29 is 23.8 Å². The molecule has 1 atom stereocenters. The molecule has 0 saturated heterocycles. The molecule has 0 fully saturated rings. The number of carbonyl (C=O) groups is 2. The van der Waals surface area contributed by atoms with E-state index in [4.69, 9.17) is 14.2 Å². The van der Waals surface area contributed by atoms with Crippen LogP contribution >= 0.6 is 0 Å². The second kappa shape index (κ2) is 42.8. The Balaban J connectivity index is 4.20. The van der Waals surface area contributed by atoms with Crippen LogP contribution in [0.15, 0.2) is 72.9 Å². The summed E-state index contributed by atoms with van der Waals surface area (Å²) >= 11 is 0. The highest BCUT2D eigenvalue weighted by atomic mass is 16.6. The molecule has 0 radical (unpaired) electrons. The molecule has 0 N–H and O–H groups in total. The van der Waals surface area contributed by atoms with Crippen molar-refractivity contribution in [3.63, 3.8) is 0 Å². The quantitative estimate of drug-likeness (QED) is 0.0360. The molecule has 0 aliphatic rings. The maximum atomic E-state index is 12.6. The zero-order valence-corrected chi connectivity index (χ0v) is 34.1. The van der Waals surface area contributed by atoms with E-state index in [0.29, 0.717) is 19.4 Å². The lowest BCUT2D eigenvalue weighted by Gasteiger charge is -2.18.